The second-order valence-electron chi connectivity index (χ2n) is 0.603. The van der Waals surface area contributed by atoms with Gasteiger partial charge in [-0.2, -0.15) is 2.52 Å². The van der Waals surface area contributed by atoms with Gasteiger partial charge in [0.15, 0.2) is 0 Å². The highest BCUT2D eigenvalue weighted by Gasteiger charge is 1.76. The molecule has 32 valence electrons. The fourth-order valence-electron chi connectivity index (χ4n) is 0. The lowest BCUT2D eigenvalue weighted by atomic mass is 11.6. The van der Waals surface area contributed by atoms with E-state index in [4.69, 9.17) is 0 Å². The SMILES string of the molecule is CSN(C)I. The fourth-order valence-corrected chi connectivity index (χ4v) is 0. The molecule has 1 nitrogen and oxygen atoms in total. The maximum absolute atomic E-state index is 2.20. The summed E-state index contributed by atoms with van der Waals surface area (Å²) >= 11 is 3.90. The van der Waals surface area contributed by atoms with Gasteiger partial charge in [0.1, 0.15) is 0 Å². The van der Waals surface area contributed by atoms with Crippen molar-refractivity contribution in [2.45, 2.75) is 0 Å². The van der Waals surface area contributed by atoms with E-state index in [0.717, 1.165) is 0 Å². The molecule has 0 aromatic heterocycles. The van der Waals surface area contributed by atoms with Crippen LogP contribution < -0.4 is 0 Å². The van der Waals surface area contributed by atoms with Crippen LogP contribution in [0.3, 0.4) is 0 Å². The topological polar surface area (TPSA) is 3.24 Å². The highest BCUT2D eigenvalue weighted by Crippen LogP contribution is 2.04. The summed E-state index contributed by atoms with van der Waals surface area (Å²) in [5.41, 5.74) is 0. The summed E-state index contributed by atoms with van der Waals surface area (Å²) in [6.45, 7) is 0. The minimum Gasteiger partial charge on any atom is -0.195 e. The average molecular weight is 203 g/mol. The van der Waals surface area contributed by atoms with E-state index in [1.165, 1.54) is 0 Å². The Bertz CT molecular complexity index is 23.6. The number of rotatable bonds is 1. The molecular weight excluding hydrogens is 197 g/mol. The zero-order valence-electron chi connectivity index (χ0n) is 3.23. The molecule has 0 rings (SSSR count). The summed E-state index contributed by atoms with van der Waals surface area (Å²) in [5.74, 6) is 0. The zero-order valence-corrected chi connectivity index (χ0v) is 6.21. The second kappa shape index (κ2) is 3.24. The summed E-state index contributed by atoms with van der Waals surface area (Å²) in [4.78, 5) is 0. The van der Waals surface area contributed by atoms with Gasteiger partial charge in [0, 0.05) is 29.9 Å². The molecule has 0 N–H and O–H groups in total. The molecule has 0 aromatic carbocycles. The minimum absolute atomic E-state index is 1.70. The maximum Gasteiger partial charge on any atom is 0.0316 e. The standard InChI is InChI=1S/C2H6INS/c1-4(3)5-2/h1-2H3. The first-order valence-electron chi connectivity index (χ1n) is 1.21. The minimum atomic E-state index is 1.70. The lowest BCUT2D eigenvalue weighted by Crippen LogP contribution is -1.83. The third-order valence-corrected chi connectivity index (χ3v) is 1.94. The third-order valence-electron chi connectivity index (χ3n) is 0.252. The molecule has 0 aliphatic rings. The van der Waals surface area contributed by atoms with Crippen LogP contribution in [0, 0.1) is 0 Å². The second-order valence-corrected chi connectivity index (χ2v) is 3.62. The molecule has 0 atom stereocenters. The molecule has 0 saturated heterocycles. The summed E-state index contributed by atoms with van der Waals surface area (Å²) in [6, 6.07) is 0. The molecule has 0 unspecified atom stereocenters. The van der Waals surface area contributed by atoms with Crippen molar-refractivity contribution in [3.05, 3.63) is 0 Å². The van der Waals surface area contributed by atoms with E-state index in [1.54, 1.807) is 11.9 Å². The van der Waals surface area contributed by atoms with E-state index in [1.807, 2.05) is 15.8 Å². The van der Waals surface area contributed by atoms with Gasteiger partial charge >= 0.3 is 0 Å². The van der Waals surface area contributed by atoms with E-state index in [9.17, 15) is 0 Å². The molecule has 0 spiro atoms. The molecular formula is C2H6INS. The number of hydrogen-bond acceptors (Lipinski definition) is 2. The van der Waals surface area contributed by atoms with Gasteiger partial charge in [-0.25, -0.2) is 0 Å². The Hall–Kier alpha value is 1.04. The third kappa shape index (κ3) is 5.04. The Morgan fingerprint density at radius 2 is 2.00 bits per heavy atom. The Balaban J connectivity index is 2.54. The van der Waals surface area contributed by atoms with Crippen LogP contribution in [0.4, 0.5) is 0 Å². The van der Waals surface area contributed by atoms with E-state index in [-0.39, 0.29) is 0 Å². The molecule has 0 aliphatic heterocycles. The van der Waals surface area contributed by atoms with Crippen LogP contribution in [0.15, 0.2) is 0 Å². The predicted octanol–water partition coefficient (Wildman–Crippen LogP) is 1.55. The Labute approximate surface area is 50.7 Å². The zero-order chi connectivity index (χ0) is 4.28. The first-order valence-corrected chi connectivity index (χ1v) is 3.35. The van der Waals surface area contributed by atoms with Gasteiger partial charge < -0.3 is 0 Å². The molecule has 0 aliphatic carbocycles. The Morgan fingerprint density at radius 3 is 2.00 bits per heavy atom. The molecule has 0 aromatic rings. The van der Waals surface area contributed by atoms with E-state index >= 15 is 0 Å². The lowest BCUT2D eigenvalue weighted by Gasteiger charge is -1.95. The molecule has 5 heavy (non-hydrogen) atoms. The van der Waals surface area contributed by atoms with Gasteiger partial charge in [-0.15, -0.1) is 0 Å². The largest absolute Gasteiger partial charge is 0.195 e. The first-order chi connectivity index (χ1) is 2.27. The first kappa shape index (κ1) is 6.04. The monoisotopic (exact) mass is 203 g/mol. The maximum atomic E-state index is 2.20. The summed E-state index contributed by atoms with van der Waals surface area (Å²) in [5, 5.41) is 0. The predicted molar refractivity (Wildman–Crippen MR) is 35.3 cm³/mol. The van der Waals surface area contributed by atoms with Crippen LogP contribution in [0.5, 0.6) is 0 Å². The van der Waals surface area contributed by atoms with Gasteiger partial charge in [-0.3, -0.25) is 0 Å². The van der Waals surface area contributed by atoms with Crippen molar-refractivity contribution in [2.24, 2.45) is 0 Å². The van der Waals surface area contributed by atoms with Gasteiger partial charge in [0.25, 0.3) is 0 Å². The Kier molecular flexibility index (Phi) is 3.91. The van der Waals surface area contributed by atoms with Crippen molar-refractivity contribution in [3.8, 4) is 0 Å². The van der Waals surface area contributed by atoms with Crippen LogP contribution in [-0.4, -0.2) is 15.8 Å². The molecule has 3 heteroatoms. The van der Waals surface area contributed by atoms with Gasteiger partial charge in [-0.1, -0.05) is 11.9 Å². The van der Waals surface area contributed by atoms with Crippen molar-refractivity contribution < 1.29 is 0 Å². The smallest absolute Gasteiger partial charge is 0.0316 e. The average Bonchev–Trinajstić information content (AvgIpc) is 1.38. The van der Waals surface area contributed by atoms with Crippen LogP contribution >= 0.6 is 34.8 Å². The van der Waals surface area contributed by atoms with Crippen LogP contribution in [0.2, 0.25) is 0 Å². The van der Waals surface area contributed by atoms with Crippen LogP contribution in [0.25, 0.3) is 0 Å². The van der Waals surface area contributed by atoms with Gasteiger partial charge in [0.05, 0.1) is 0 Å². The number of halogens is 1. The molecule has 0 saturated carbocycles. The Morgan fingerprint density at radius 1 is 1.80 bits per heavy atom. The van der Waals surface area contributed by atoms with Gasteiger partial charge in [0.2, 0.25) is 0 Å². The highest BCUT2D eigenvalue weighted by molar-refractivity contribution is 14.1. The van der Waals surface area contributed by atoms with E-state index in [2.05, 4.69) is 22.9 Å². The van der Waals surface area contributed by atoms with E-state index in [0.29, 0.717) is 0 Å². The summed E-state index contributed by atoms with van der Waals surface area (Å²) in [7, 11) is 2.01. The normalized spacial score (nSPS) is 9.60. The summed E-state index contributed by atoms with van der Waals surface area (Å²) < 4.78 is 2.01. The molecule has 0 amide bonds. The van der Waals surface area contributed by atoms with Crippen molar-refractivity contribution >= 4 is 34.8 Å². The van der Waals surface area contributed by atoms with Crippen LogP contribution in [-0.2, 0) is 0 Å². The van der Waals surface area contributed by atoms with Gasteiger partial charge in [-0.05, 0) is 6.26 Å². The molecule has 0 radical (unpaired) electrons. The van der Waals surface area contributed by atoms with Crippen molar-refractivity contribution in [1.82, 2.24) is 2.52 Å². The number of nitrogens with zero attached hydrogens (tertiary/aromatic N) is 1. The van der Waals surface area contributed by atoms with Crippen molar-refractivity contribution in [3.63, 3.8) is 0 Å². The molecule has 0 heterocycles. The van der Waals surface area contributed by atoms with Crippen molar-refractivity contribution in [2.75, 3.05) is 13.3 Å². The fraction of sp³-hybridized carbons (Fsp3) is 1.00. The lowest BCUT2D eigenvalue weighted by molar-refractivity contribution is 1.02. The highest BCUT2D eigenvalue weighted by atomic mass is 127. The number of hydrogen-bond donors (Lipinski definition) is 0. The summed E-state index contributed by atoms with van der Waals surface area (Å²) in [6.07, 6.45) is 2.03. The van der Waals surface area contributed by atoms with Crippen molar-refractivity contribution in [1.29, 1.82) is 0 Å². The molecule has 0 bridgehead atoms. The van der Waals surface area contributed by atoms with Crippen LogP contribution in [0.1, 0.15) is 0 Å². The quantitative estimate of drug-likeness (QED) is 0.361. The van der Waals surface area contributed by atoms with E-state index < -0.39 is 0 Å². The molecule has 0 fully saturated rings.